The van der Waals surface area contributed by atoms with E-state index in [-0.39, 0.29) is 24.3 Å². The van der Waals surface area contributed by atoms with E-state index in [1.807, 2.05) is 30.3 Å². The molecule has 1 saturated carbocycles. The molecule has 1 aromatic carbocycles. The van der Waals surface area contributed by atoms with Crippen molar-refractivity contribution in [1.29, 1.82) is 0 Å². The first-order valence-corrected chi connectivity index (χ1v) is 14.5. The van der Waals surface area contributed by atoms with Gasteiger partial charge in [0.2, 0.25) is 11.8 Å². The number of pyridine rings is 2. The van der Waals surface area contributed by atoms with E-state index >= 15 is 0 Å². The Hall–Kier alpha value is -4.11. The summed E-state index contributed by atoms with van der Waals surface area (Å²) in [6.45, 7) is -0.126. The first-order valence-electron chi connectivity index (χ1n) is 14.1. The van der Waals surface area contributed by atoms with Gasteiger partial charge in [-0.2, -0.15) is 0 Å². The molecule has 3 amide bonds. The predicted molar refractivity (Wildman–Crippen MR) is 155 cm³/mol. The Morgan fingerprint density at radius 1 is 1.02 bits per heavy atom. The highest BCUT2D eigenvalue weighted by Gasteiger charge is 2.52. The summed E-state index contributed by atoms with van der Waals surface area (Å²) in [4.78, 5) is 55.7. The molecule has 208 valence electrons. The van der Waals surface area contributed by atoms with Crippen LogP contribution in [0.4, 0.5) is 11.5 Å². The Bertz CT molecular complexity index is 1630. The van der Waals surface area contributed by atoms with Crippen molar-refractivity contribution in [3.05, 3.63) is 82.3 Å². The summed E-state index contributed by atoms with van der Waals surface area (Å²) >= 11 is 6.45. The minimum Gasteiger partial charge on any atom is -0.323 e. The lowest BCUT2D eigenvalue weighted by atomic mass is 9.80. The van der Waals surface area contributed by atoms with Crippen LogP contribution < -0.4 is 10.6 Å². The number of rotatable bonds is 4. The van der Waals surface area contributed by atoms with Crippen LogP contribution in [-0.2, 0) is 32.6 Å². The van der Waals surface area contributed by atoms with Crippen LogP contribution in [0.1, 0.15) is 60.9 Å². The van der Waals surface area contributed by atoms with Gasteiger partial charge in [0.1, 0.15) is 23.7 Å². The summed E-state index contributed by atoms with van der Waals surface area (Å²) in [6.07, 6.45) is 9.69. The molecule has 0 bridgehead atoms. The Balaban J connectivity index is 1.12. The summed E-state index contributed by atoms with van der Waals surface area (Å²) in [5.41, 5.74) is 2.58. The second kappa shape index (κ2) is 9.76. The van der Waals surface area contributed by atoms with E-state index in [1.165, 1.54) is 0 Å². The van der Waals surface area contributed by atoms with E-state index in [9.17, 15) is 14.4 Å². The van der Waals surface area contributed by atoms with Gasteiger partial charge in [-0.3, -0.25) is 24.4 Å². The standard InChI is InChI=1S/C31H29ClN6O3/c32-23-10-4-3-8-21(23)26-28(40)38(31(37-26)11-5-1-2-6-12-31)18-25(39)35-20-14-19-15-30(16-24(19)34-17-20)22-9-7-13-33-27(22)36-29(30)41/h3-4,7-10,13-14,17H,1-2,5-6,11-12,15-16,18H2,(H,35,39)(H,33,36,41). The van der Waals surface area contributed by atoms with Gasteiger partial charge in [0.25, 0.3) is 5.91 Å². The molecule has 1 atom stereocenters. The maximum absolute atomic E-state index is 13.8. The Kier molecular flexibility index (Phi) is 6.15. The van der Waals surface area contributed by atoms with Gasteiger partial charge in [0.05, 0.1) is 22.3 Å². The smallest absolute Gasteiger partial charge is 0.275 e. The molecule has 2 aromatic heterocycles. The van der Waals surface area contributed by atoms with Gasteiger partial charge in [-0.25, -0.2) is 4.98 Å². The molecule has 2 aliphatic carbocycles. The molecule has 4 aliphatic rings. The van der Waals surface area contributed by atoms with Crippen LogP contribution in [0.5, 0.6) is 0 Å². The average Bonchev–Trinajstić information content (AvgIpc) is 3.48. The van der Waals surface area contributed by atoms with Crippen LogP contribution in [0.2, 0.25) is 5.02 Å². The van der Waals surface area contributed by atoms with Gasteiger partial charge in [-0.1, -0.05) is 48.7 Å². The van der Waals surface area contributed by atoms with Gasteiger partial charge in [0, 0.05) is 29.4 Å². The van der Waals surface area contributed by atoms with Crippen LogP contribution in [0.15, 0.2) is 59.9 Å². The number of benzene rings is 1. The fourth-order valence-electron chi connectivity index (χ4n) is 6.89. The van der Waals surface area contributed by atoms with Crippen molar-refractivity contribution >= 4 is 46.5 Å². The first kappa shape index (κ1) is 25.8. The Labute approximate surface area is 242 Å². The number of hydrogen-bond acceptors (Lipinski definition) is 6. The lowest BCUT2D eigenvalue weighted by Gasteiger charge is -2.35. The number of nitrogens with one attached hydrogen (secondary N) is 2. The summed E-state index contributed by atoms with van der Waals surface area (Å²) in [5, 5.41) is 6.31. The van der Waals surface area contributed by atoms with Gasteiger partial charge in [0.15, 0.2) is 0 Å². The number of hydrogen-bond donors (Lipinski definition) is 2. The van der Waals surface area contributed by atoms with Gasteiger partial charge >= 0.3 is 0 Å². The number of aromatic nitrogens is 2. The highest BCUT2D eigenvalue weighted by molar-refractivity contribution is 6.50. The molecule has 2 spiro atoms. The number of amides is 3. The van der Waals surface area contributed by atoms with E-state index in [2.05, 4.69) is 20.6 Å². The third-order valence-corrected chi connectivity index (χ3v) is 9.23. The molecular formula is C31H29ClN6O3. The zero-order valence-corrected chi connectivity index (χ0v) is 23.2. The average molecular weight is 569 g/mol. The van der Waals surface area contributed by atoms with Crippen LogP contribution in [-0.4, -0.2) is 50.5 Å². The molecule has 0 saturated heterocycles. The van der Waals surface area contributed by atoms with Gasteiger partial charge < -0.3 is 15.5 Å². The van der Waals surface area contributed by atoms with E-state index in [0.717, 1.165) is 42.5 Å². The summed E-state index contributed by atoms with van der Waals surface area (Å²) in [6, 6.07) is 12.9. The van der Waals surface area contributed by atoms with E-state index in [1.54, 1.807) is 29.4 Å². The van der Waals surface area contributed by atoms with Crippen LogP contribution in [0.25, 0.3) is 0 Å². The fraction of sp³-hybridized carbons (Fsp3) is 0.355. The number of carbonyl (C=O) groups excluding carboxylic acids is 3. The van der Waals surface area contributed by atoms with Crippen molar-refractivity contribution in [2.45, 2.75) is 62.4 Å². The minimum absolute atomic E-state index is 0.0784. The number of halogens is 1. The quantitative estimate of drug-likeness (QED) is 0.483. The van der Waals surface area contributed by atoms with Crippen molar-refractivity contribution in [3.63, 3.8) is 0 Å². The maximum atomic E-state index is 13.8. The molecule has 7 rings (SSSR count). The molecular weight excluding hydrogens is 540 g/mol. The molecule has 10 heteroatoms. The summed E-state index contributed by atoms with van der Waals surface area (Å²) in [7, 11) is 0. The predicted octanol–water partition coefficient (Wildman–Crippen LogP) is 4.44. The van der Waals surface area contributed by atoms with Crippen molar-refractivity contribution in [2.75, 3.05) is 17.2 Å². The largest absolute Gasteiger partial charge is 0.323 e. The van der Waals surface area contributed by atoms with Gasteiger partial charge in [-0.05, 0) is 55.9 Å². The lowest BCUT2D eigenvalue weighted by molar-refractivity contribution is -0.133. The molecule has 2 N–H and O–H groups in total. The zero-order valence-electron chi connectivity index (χ0n) is 22.5. The highest BCUT2D eigenvalue weighted by Crippen LogP contribution is 2.46. The molecule has 41 heavy (non-hydrogen) atoms. The summed E-state index contributed by atoms with van der Waals surface area (Å²) < 4.78 is 0. The highest BCUT2D eigenvalue weighted by atomic mass is 35.5. The SMILES string of the molecule is O=C(CN1C(=O)C(c2ccccc2Cl)=NC12CCCCCC2)Nc1cnc2c(c1)CC1(C2)C(=O)Nc2ncccc21. The van der Waals surface area contributed by atoms with Crippen molar-refractivity contribution in [3.8, 4) is 0 Å². The zero-order chi connectivity index (χ0) is 28.2. The van der Waals surface area contributed by atoms with Crippen molar-refractivity contribution in [2.24, 2.45) is 4.99 Å². The van der Waals surface area contributed by atoms with E-state index < -0.39 is 11.1 Å². The van der Waals surface area contributed by atoms with Crippen molar-refractivity contribution < 1.29 is 14.4 Å². The number of aliphatic imine (C=N–C) groups is 1. The minimum atomic E-state index is -0.751. The summed E-state index contributed by atoms with van der Waals surface area (Å²) in [5.74, 6) is -0.0748. The van der Waals surface area contributed by atoms with Crippen LogP contribution in [0, 0.1) is 0 Å². The molecule has 1 unspecified atom stereocenters. The van der Waals surface area contributed by atoms with E-state index in [0.29, 0.717) is 53.5 Å². The molecule has 9 nitrogen and oxygen atoms in total. The monoisotopic (exact) mass is 568 g/mol. The third-order valence-electron chi connectivity index (χ3n) is 8.90. The second-order valence-electron chi connectivity index (χ2n) is 11.4. The molecule has 0 radical (unpaired) electrons. The topological polar surface area (TPSA) is 117 Å². The number of nitrogens with zero attached hydrogens (tertiary/aromatic N) is 4. The normalized spacial score (nSPS) is 22.4. The number of carbonyl (C=O) groups is 3. The molecule has 3 aromatic rings. The van der Waals surface area contributed by atoms with Gasteiger partial charge in [-0.15, -0.1) is 0 Å². The first-order chi connectivity index (χ1) is 19.9. The number of anilines is 2. The molecule has 1 fully saturated rings. The third kappa shape index (κ3) is 4.22. The molecule has 4 heterocycles. The number of fused-ring (bicyclic) bond motifs is 3. The molecule has 2 aliphatic heterocycles. The lowest BCUT2D eigenvalue weighted by Crippen LogP contribution is -2.50. The Morgan fingerprint density at radius 3 is 2.63 bits per heavy atom. The maximum Gasteiger partial charge on any atom is 0.275 e. The second-order valence-corrected chi connectivity index (χ2v) is 11.8. The van der Waals surface area contributed by atoms with Crippen molar-refractivity contribution in [1.82, 2.24) is 14.9 Å². The fourth-order valence-corrected chi connectivity index (χ4v) is 7.11. The van der Waals surface area contributed by atoms with Crippen LogP contribution in [0.3, 0.4) is 0 Å². The Morgan fingerprint density at radius 2 is 1.83 bits per heavy atom. The van der Waals surface area contributed by atoms with E-state index in [4.69, 9.17) is 16.6 Å². The van der Waals surface area contributed by atoms with Crippen LogP contribution >= 0.6 is 11.6 Å².